The largest absolute Gasteiger partial charge is 0.468 e. The fourth-order valence-corrected chi connectivity index (χ4v) is 1.77. The number of alkyl halides is 2. The highest BCUT2D eigenvalue weighted by molar-refractivity contribution is 14.1. The second kappa shape index (κ2) is 8.05. The van der Waals surface area contributed by atoms with Gasteiger partial charge in [-0.25, -0.2) is 0 Å². The van der Waals surface area contributed by atoms with Crippen molar-refractivity contribution in [1.82, 2.24) is 0 Å². The van der Waals surface area contributed by atoms with Crippen LogP contribution in [0.4, 0.5) is 11.4 Å². The van der Waals surface area contributed by atoms with Crippen molar-refractivity contribution in [3.8, 4) is 0 Å². The quantitative estimate of drug-likeness (QED) is 0.335. The minimum Gasteiger partial charge on any atom is -0.468 e. The minimum absolute atomic E-state index is 0.195. The van der Waals surface area contributed by atoms with Crippen molar-refractivity contribution in [2.45, 2.75) is 3.92 Å². The standard InChI is InChI=1S/C12H12ClIN2O4/c1-20-12(19)10(14)11(18)16-8-5-3-2-4-7(8)15-9(17)6-13/h2-5,10H,6H2,1H3,(H,15,17)(H,16,18). The lowest BCUT2D eigenvalue weighted by atomic mass is 10.2. The Morgan fingerprint density at radius 3 is 2.30 bits per heavy atom. The molecule has 20 heavy (non-hydrogen) atoms. The third-order valence-corrected chi connectivity index (χ3v) is 3.54. The first-order valence-electron chi connectivity index (χ1n) is 5.47. The van der Waals surface area contributed by atoms with Crippen LogP contribution in [-0.4, -0.2) is 34.7 Å². The van der Waals surface area contributed by atoms with Crippen molar-refractivity contribution < 1.29 is 19.1 Å². The number of amides is 2. The number of nitrogens with one attached hydrogen (secondary N) is 2. The van der Waals surface area contributed by atoms with E-state index in [0.29, 0.717) is 11.4 Å². The normalized spacial score (nSPS) is 11.3. The number of anilines is 2. The predicted molar refractivity (Wildman–Crippen MR) is 84.2 cm³/mol. The SMILES string of the molecule is COC(=O)C(I)C(=O)Nc1ccccc1NC(=O)CCl. The lowest BCUT2D eigenvalue weighted by Gasteiger charge is -2.13. The third-order valence-electron chi connectivity index (χ3n) is 2.22. The van der Waals surface area contributed by atoms with E-state index < -0.39 is 21.7 Å². The highest BCUT2D eigenvalue weighted by atomic mass is 127. The fraction of sp³-hybridized carbons (Fsp3) is 0.250. The molecule has 0 heterocycles. The molecule has 0 aliphatic heterocycles. The number of hydrogen-bond donors (Lipinski definition) is 2. The molecule has 6 nitrogen and oxygen atoms in total. The second-order valence-corrected chi connectivity index (χ2v) is 5.12. The van der Waals surface area contributed by atoms with Gasteiger partial charge in [-0.3, -0.25) is 14.4 Å². The van der Waals surface area contributed by atoms with Gasteiger partial charge < -0.3 is 15.4 Å². The second-order valence-electron chi connectivity index (χ2n) is 3.60. The Morgan fingerprint density at radius 2 is 1.80 bits per heavy atom. The number of hydrogen-bond acceptors (Lipinski definition) is 4. The lowest BCUT2D eigenvalue weighted by Crippen LogP contribution is -2.31. The van der Waals surface area contributed by atoms with E-state index >= 15 is 0 Å². The molecule has 1 unspecified atom stereocenters. The average molecular weight is 411 g/mol. The molecular weight excluding hydrogens is 398 g/mol. The minimum atomic E-state index is -0.977. The molecule has 0 spiro atoms. The Kier molecular flexibility index (Phi) is 6.73. The Hall–Kier alpha value is -1.35. The smallest absolute Gasteiger partial charge is 0.328 e. The van der Waals surface area contributed by atoms with Crippen LogP contribution in [0.3, 0.4) is 0 Å². The maximum atomic E-state index is 11.9. The van der Waals surface area contributed by atoms with E-state index in [1.165, 1.54) is 7.11 Å². The maximum absolute atomic E-state index is 11.9. The van der Waals surface area contributed by atoms with Gasteiger partial charge in [0.2, 0.25) is 11.8 Å². The van der Waals surface area contributed by atoms with Gasteiger partial charge in [0.05, 0.1) is 18.5 Å². The van der Waals surface area contributed by atoms with Gasteiger partial charge in [-0.1, -0.05) is 34.7 Å². The lowest BCUT2D eigenvalue weighted by molar-refractivity contribution is -0.141. The molecule has 0 fully saturated rings. The molecule has 1 aromatic rings. The summed E-state index contributed by atoms with van der Waals surface area (Å²) in [4.78, 5) is 34.4. The zero-order valence-electron chi connectivity index (χ0n) is 10.5. The van der Waals surface area contributed by atoms with Gasteiger partial charge in [0.15, 0.2) is 3.92 Å². The molecule has 0 aliphatic carbocycles. The predicted octanol–water partition coefficient (Wildman–Crippen LogP) is 1.78. The van der Waals surface area contributed by atoms with Crippen LogP contribution in [0, 0.1) is 0 Å². The van der Waals surface area contributed by atoms with Crippen LogP contribution >= 0.6 is 34.2 Å². The summed E-state index contributed by atoms with van der Waals surface area (Å²) in [6, 6.07) is 6.59. The zero-order valence-corrected chi connectivity index (χ0v) is 13.4. The molecule has 108 valence electrons. The highest BCUT2D eigenvalue weighted by Gasteiger charge is 2.24. The Morgan fingerprint density at radius 1 is 1.25 bits per heavy atom. The summed E-state index contributed by atoms with van der Waals surface area (Å²) >= 11 is 7.08. The summed E-state index contributed by atoms with van der Waals surface area (Å²) in [5.41, 5.74) is 0.779. The van der Waals surface area contributed by atoms with Crippen LogP contribution in [0.5, 0.6) is 0 Å². The number of benzene rings is 1. The molecule has 1 aromatic carbocycles. The molecule has 8 heteroatoms. The van der Waals surface area contributed by atoms with E-state index in [1.54, 1.807) is 46.9 Å². The summed E-state index contributed by atoms with van der Waals surface area (Å²) in [5.74, 6) is -1.78. The topological polar surface area (TPSA) is 84.5 Å². The first kappa shape index (κ1) is 16.7. The van der Waals surface area contributed by atoms with Gasteiger partial charge in [-0.15, -0.1) is 11.6 Å². The number of esters is 1. The number of halogens is 2. The highest BCUT2D eigenvalue weighted by Crippen LogP contribution is 2.22. The van der Waals surface area contributed by atoms with Crippen molar-refractivity contribution in [1.29, 1.82) is 0 Å². The van der Waals surface area contributed by atoms with E-state index in [9.17, 15) is 14.4 Å². The molecule has 0 bridgehead atoms. The van der Waals surface area contributed by atoms with E-state index in [-0.39, 0.29) is 5.88 Å². The van der Waals surface area contributed by atoms with Crippen LogP contribution in [0.1, 0.15) is 0 Å². The molecule has 0 saturated carbocycles. The van der Waals surface area contributed by atoms with Gasteiger partial charge >= 0.3 is 5.97 Å². The fourth-order valence-electron chi connectivity index (χ4n) is 1.29. The molecule has 0 aliphatic rings. The molecule has 2 N–H and O–H groups in total. The maximum Gasteiger partial charge on any atom is 0.328 e. The molecular formula is C12H12ClIN2O4. The molecule has 0 radical (unpaired) electrons. The summed E-state index contributed by atoms with van der Waals surface area (Å²) < 4.78 is 3.51. The zero-order chi connectivity index (χ0) is 15.1. The van der Waals surface area contributed by atoms with Crippen LogP contribution in [0.15, 0.2) is 24.3 Å². The number of carbonyl (C=O) groups is 3. The van der Waals surface area contributed by atoms with Crippen LogP contribution in [0.2, 0.25) is 0 Å². The summed E-state index contributed by atoms with van der Waals surface area (Å²) in [5, 5.41) is 5.09. The van der Waals surface area contributed by atoms with E-state index in [4.69, 9.17) is 11.6 Å². The number of carbonyl (C=O) groups excluding carboxylic acids is 3. The van der Waals surface area contributed by atoms with Crippen molar-refractivity contribution in [3.63, 3.8) is 0 Å². The van der Waals surface area contributed by atoms with Crippen molar-refractivity contribution in [2.75, 3.05) is 23.6 Å². The van der Waals surface area contributed by atoms with Gasteiger partial charge in [-0.05, 0) is 12.1 Å². The van der Waals surface area contributed by atoms with Gasteiger partial charge in [-0.2, -0.15) is 0 Å². The first-order chi connectivity index (χ1) is 9.49. The average Bonchev–Trinajstić information content (AvgIpc) is 2.47. The number of methoxy groups -OCH3 is 1. The monoisotopic (exact) mass is 410 g/mol. The van der Waals surface area contributed by atoms with Gasteiger partial charge in [0.1, 0.15) is 5.88 Å². The number of ether oxygens (including phenoxy) is 1. The van der Waals surface area contributed by atoms with Crippen LogP contribution in [-0.2, 0) is 19.1 Å². The molecule has 0 aromatic heterocycles. The summed E-state index contributed by atoms with van der Waals surface area (Å²) in [6.07, 6.45) is 0. The van der Waals surface area contributed by atoms with Crippen molar-refractivity contribution >= 4 is 63.4 Å². The molecule has 1 rings (SSSR count). The Bertz CT molecular complexity index is 524. The summed E-state index contributed by atoms with van der Waals surface area (Å²) in [7, 11) is 1.20. The Labute approximate surface area is 134 Å². The number of para-hydroxylation sites is 2. The number of rotatable bonds is 5. The molecule has 1 atom stereocenters. The van der Waals surface area contributed by atoms with Crippen LogP contribution in [0.25, 0.3) is 0 Å². The molecule has 0 saturated heterocycles. The third kappa shape index (κ3) is 4.64. The van der Waals surface area contributed by atoms with Crippen molar-refractivity contribution in [3.05, 3.63) is 24.3 Å². The van der Waals surface area contributed by atoms with E-state index in [2.05, 4.69) is 15.4 Å². The Balaban J connectivity index is 2.84. The van der Waals surface area contributed by atoms with Crippen molar-refractivity contribution in [2.24, 2.45) is 0 Å². The van der Waals surface area contributed by atoms with Gasteiger partial charge in [0, 0.05) is 0 Å². The summed E-state index contributed by atoms with van der Waals surface area (Å²) in [6.45, 7) is 0. The molecule has 2 amide bonds. The first-order valence-corrected chi connectivity index (χ1v) is 7.25. The van der Waals surface area contributed by atoms with E-state index in [0.717, 1.165) is 0 Å². The van der Waals surface area contributed by atoms with E-state index in [1.807, 2.05) is 0 Å². The van der Waals surface area contributed by atoms with Crippen LogP contribution < -0.4 is 10.6 Å². The van der Waals surface area contributed by atoms with Gasteiger partial charge in [0.25, 0.3) is 0 Å².